The quantitative estimate of drug-likeness (QED) is 0.0465. The molecule has 246 valence electrons. The number of imide groups is 1. The summed E-state index contributed by atoms with van der Waals surface area (Å²) in [5.41, 5.74) is 0. The van der Waals surface area contributed by atoms with Crippen LogP contribution in [0.3, 0.4) is 0 Å². The van der Waals surface area contributed by atoms with E-state index in [1.807, 2.05) is 0 Å². The van der Waals surface area contributed by atoms with Gasteiger partial charge in [0.05, 0.1) is 0 Å². The maximum atomic E-state index is 12.0. The first-order valence-corrected chi connectivity index (χ1v) is 17.6. The van der Waals surface area contributed by atoms with Crippen molar-refractivity contribution < 1.29 is 30.7 Å². The predicted octanol–water partition coefficient (Wildman–Crippen LogP) is 12.0. The average molecular weight is 806 g/mol. The van der Waals surface area contributed by atoms with Gasteiger partial charge in [0.25, 0.3) is 0 Å². The summed E-state index contributed by atoms with van der Waals surface area (Å²) < 4.78 is 0. The van der Waals surface area contributed by atoms with E-state index >= 15 is 0 Å². The molecular weight excluding hydrogens is 744 g/mol. The number of amides is 2. The SMILES string of the molecule is CCCCC/C=C\C/C=C\CCCCCCCC(=O)NC(=O)CCCCCCC/C=C\C/C=C\CCCCC(Cl)Cl.[Pt]. The summed E-state index contributed by atoms with van der Waals surface area (Å²) in [4.78, 5) is 23.8. The van der Waals surface area contributed by atoms with Gasteiger partial charge in [-0.05, 0) is 83.5 Å². The average Bonchev–Trinajstić information content (AvgIpc) is 2.94. The Bertz CT molecular complexity index is 719. The van der Waals surface area contributed by atoms with E-state index in [4.69, 9.17) is 23.2 Å². The Morgan fingerprint density at radius 1 is 0.524 bits per heavy atom. The third kappa shape index (κ3) is 37.4. The standard InChI is InChI=1S/C36H61Cl2NO2.Pt/c1-2-3-4-5-6-7-8-9-10-14-17-20-23-26-29-32-35(40)39-36(41)33-30-27-24-21-18-15-12-11-13-16-19-22-25-28-31-34(37)38;/h6-7,9-12,16,19,34H,2-5,8,13-15,17-18,20-33H2,1H3,(H,39,40,41);/b7-6-,10-9-,12-11-,19-16-;. The number of carbonyl (C=O) groups is 2. The van der Waals surface area contributed by atoms with E-state index in [-0.39, 0.29) is 37.7 Å². The molecule has 0 unspecified atom stereocenters. The van der Waals surface area contributed by atoms with Gasteiger partial charge in [0.2, 0.25) is 11.8 Å². The van der Waals surface area contributed by atoms with E-state index in [0.717, 1.165) is 89.9 Å². The van der Waals surface area contributed by atoms with Gasteiger partial charge >= 0.3 is 0 Å². The van der Waals surface area contributed by atoms with Crippen molar-refractivity contribution in [2.45, 2.75) is 166 Å². The number of rotatable bonds is 29. The Labute approximate surface area is 284 Å². The topological polar surface area (TPSA) is 46.2 Å². The molecule has 0 aliphatic heterocycles. The molecule has 0 radical (unpaired) electrons. The van der Waals surface area contributed by atoms with Gasteiger partial charge < -0.3 is 0 Å². The zero-order valence-electron chi connectivity index (χ0n) is 26.6. The molecule has 6 heteroatoms. The second-order valence-electron chi connectivity index (χ2n) is 11.1. The molecule has 0 saturated heterocycles. The van der Waals surface area contributed by atoms with Crippen molar-refractivity contribution in [3.63, 3.8) is 0 Å². The van der Waals surface area contributed by atoms with Crippen molar-refractivity contribution in [1.29, 1.82) is 0 Å². The fourth-order valence-electron chi connectivity index (χ4n) is 4.52. The van der Waals surface area contributed by atoms with Crippen molar-refractivity contribution in [3.8, 4) is 0 Å². The minimum absolute atomic E-state index is 0. The van der Waals surface area contributed by atoms with Gasteiger partial charge in [-0.25, -0.2) is 0 Å². The number of hydrogen-bond acceptors (Lipinski definition) is 2. The van der Waals surface area contributed by atoms with Crippen LogP contribution in [-0.2, 0) is 30.7 Å². The summed E-state index contributed by atoms with van der Waals surface area (Å²) in [6, 6.07) is 0. The molecule has 0 aliphatic carbocycles. The van der Waals surface area contributed by atoms with Crippen LogP contribution in [0.25, 0.3) is 0 Å². The fraction of sp³-hybridized carbons (Fsp3) is 0.722. The van der Waals surface area contributed by atoms with Gasteiger partial charge in [0, 0.05) is 33.9 Å². The summed E-state index contributed by atoms with van der Waals surface area (Å²) in [5, 5.41) is 2.57. The van der Waals surface area contributed by atoms with Crippen LogP contribution in [0, 0.1) is 0 Å². The zero-order valence-corrected chi connectivity index (χ0v) is 30.3. The molecule has 3 nitrogen and oxygen atoms in total. The Hall–Kier alpha value is -0.632. The number of alkyl halides is 2. The number of nitrogens with one attached hydrogen (secondary N) is 1. The Balaban J connectivity index is 0. The molecule has 0 aliphatic rings. The third-order valence-electron chi connectivity index (χ3n) is 7.06. The van der Waals surface area contributed by atoms with Crippen LogP contribution in [0.1, 0.15) is 161 Å². The van der Waals surface area contributed by atoms with Crippen LogP contribution in [0.2, 0.25) is 0 Å². The van der Waals surface area contributed by atoms with Gasteiger partial charge in [0.1, 0.15) is 4.84 Å². The van der Waals surface area contributed by atoms with Gasteiger partial charge in [-0.3, -0.25) is 14.9 Å². The fourth-order valence-corrected chi connectivity index (χ4v) is 4.83. The van der Waals surface area contributed by atoms with E-state index in [1.165, 1.54) is 51.4 Å². The van der Waals surface area contributed by atoms with Gasteiger partial charge in [-0.2, -0.15) is 0 Å². The summed E-state index contributed by atoms with van der Waals surface area (Å²) >= 11 is 11.4. The molecule has 0 aromatic rings. The minimum atomic E-state index is -0.229. The normalized spacial score (nSPS) is 11.9. The molecule has 2 amide bonds. The van der Waals surface area contributed by atoms with Crippen LogP contribution in [-0.4, -0.2) is 16.7 Å². The summed E-state index contributed by atoms with van der Waals surface area (Å²) in [7, 11) is 0. The second kappa shape index (κ2) is 36.6. The van der Waals surface area contributed by atoms with Crippen LogP contribution in [0.15, 0.2) is 48.6 Å². The first-order valence-electron chi connectivity index (χ1n) is 16.8. The van der Waals surface area contributed by atoms with Crippen LogP contribution in [0.5, 0.6) is 0 Å². The van der Waals surface area contributed by atoms with E-state index in [2.05, 4.69) is 60.8 Å². The Morgan fingerprint density at radius 3 is 1.29 bits per heavy atom. The molecule has 0 aromatic carbocycles. The van der Waals surface area contributed by atoms with E-state index in [1.54, 1.807) is 0 Å². The molecule has 0 spiro atoms. The third-order valence-corrected chi connectivity index (χ3v) is 7.49. The second-order valence-corrected chi connectivity index (χ2v) is 12.4. The van der Waals surface area contributed by atoms with E-state index < -0.39 is 0 Å². The van der Waals surface area contributed by atoms with Gasteiger partial charge in [-0.1, -0.05) is 113 Å². The van der Waals surface area contributed by atoms with Crippen molar-refractivity contribution in [1.82, 2.24) is 5.32 Å². The maximum Gasteiger partial charge on any atom is 0.226 e. The van der Waals surface area contributed by atoms with Gasteiger partial charge in [0.15, 0.2) is 0 Å². The van der Waals surface area contributed by atoms with E-state index in [0.29, 0.717) is 12.8 Å². The van der Waals surface area contributed by atoms with E-state index in [9.17, 15) is 9.59 Å². The summed E-state index contributed by atoms with van der Waals surface area (Å²) in [5.74, 6) is -0.228. The minimum Gasteiger partial charge on any atom is -0.296 e. The molecule has 1 N–H and O–H groups in total. The first-order chi connectivity index (χ1) is 20.1. The molecule has 0 saturated carbocycles. The zero-order chi connectivity index (χ0) is 30.1. The van der Waals surface area contributed by atoms with Crippen molar-refractivity contribution >= 4 is 35.0 Å². The Kier molecular flexibility index (Phi) is 37.9. The first kappa shape index (κ1) is 43.5. The molecular formula is C36H61Cl2NO2Pt. The van der Waals surface area contributed by atoms with Crippen LogP contribution in [0.4, 0.5) is 0 Å². The molecule has 0 rings (SSSR count). The van der Waals surface area contributed by atoms with Crippen LogP contribution >= 0.6 is 23.2 Å². The molecule has 0 atom stereocenters. The molecule has 42 heavy (non-hydrogen) atoms. The van der Waals surface area contributed by atoms with Crippen molar-refractivity contribution in [2.75, 3.05) is 0 Å². The molecule has 0 heterocycles. The van der Waals surface area contributed by atoms with Crippen molar-refractivity contribution in [2.24, 2.45) is 0 Å². The number of halogens is 2. The predicted molar refractivity (Wildman–Crippen MR) is 182 cm³/mol. The molecule has 0 bridgehead atoms. The Morgan fingerprint density at radius 2 is 0.881 bits per heavy atom. The summed E-state index contributed by atoms with van der Waals surface area (Å²) in [6.45, 7) is 2.24. The van der Waals surface area contributed by atoms with Crippen molar-refractivity contribution in [3.05, 3.63) is 48.6 Å². The molecule has 0 fully saturated rings. The largest absolute Gasteiger partial charge is 0.296 e. The van der Waals surface area contributed by atoms with Crippen LogP contribution < -0.4 is 5.32 Å². The number of allylic oxidation sites excluding steroid dienone is 8. The monoisotopic (exact) mass is 804 g/mol. The molecule has 0 aromatic heterocycles. The number of unbranched alkanes of at least 4 members (excludes halogenated alkanes) is 15. The number of hydrogen-bond donors (Lipinski definition) is 1. The number of carbonyl (C=O) groups excluding carboxylic acids is 2. The maximum absolute atomic E-state index is 12.0. The summed E-state index contributed by atoms with van der Waals surface area (Å²) in [6.07, 6.45) is 43.6. The van der Waals surface area contributed by atoms with Gasteiger partial charge in [-0.15, -0.1) is 23.2 Å². The smallest absolute Gasteiger partial charge is 0.226 e.